The van der Waals surface area contributed by atoms with Gasteiger partial charge in [-0.15, -0.1) is 11.6 Å². The molecule has 0 saturated carbocycles. The molecule has 0 bridgehead atoms. The molecule has 0 aliphatic carbocycles. The molecule has 0 N–H and O–H groups in total. The van der Waals surface area contributed by atoms with E-state index in [9.17, 15) is 9.59 Å². The van der Waals surface area contributed by atoms with Crippen LogP contribution in [0.4, 0.5) is 0 Å². The molecule has 17 heavy (non-hydrogen) atoms. The van der Waals surface area contributed by atoms with E-state index >= 15 is 0 Å². The van der Waals surface area contributed by atoms with Gasteiger partial charge in [0.25, 0.3) is 0 Å². The maximum absolute atomic E-state index is 11.9. The minimum Gasteiger partial charge on any atom is -0.469 e. The number of hydrogen-bond donors (Lipinski definition) is 0. The molecule has 0 unspecified atom stereocenters. The van der Waals surface area contributed by atoms with Crippen LogP contribution in [0.25, 0.3) is 0 Å². The van der Waals surface area contributed by atoms with Crippen molar-refractivity contribution in [2.45, 2.75) is 33.1 Å². The van der Waals surface area contributed by atoms with Crippen molar-refractivity contribution >= 4 is 23.5 Å². The van der Waals surface area contributed by atoms with E-state index in [-0.39, 0.29) is 18.3 Å². The quantitative estimate of drug-likeness (QED) is 0.497. The van der Waals surface area contributed by atoms with Gasteiger partial charge in [0.2, 0.25) is 5.91 Å². The Labute approximate surface area is 108 Å². The Balaban J connectivity index is 4.21. The molecule has 100 valence electrons. The lowest BCUT2D eigenvalue weighted by Gasteiger charge is -2.24. The number of nitrogens with zero attached hydrogens (tertiary/aromatic N) is 1. The van der Waals surface area contributed by atoms with Gasteiger partial charge in [-0.25, -0.2) is 0 Å². The van der Waals surface area contributed by atoms with E-state index in [0.29, 0.717) is 37.7 Å². The Kier molecular flexibility index (Phi) is 8.86. The largest absolute Gasteiger partial charge is 0.469 e. The molecule has 0 aromatic rings. The first-order valence-electron chi connectivity index (χ1n) is 5.91. The summed E-state index contributed by atoms with van der Waals surface area (Å²) in [4.78, 5) is 24.6. The van der Waals surface area contributed by atoms with Crippen LogP contribution in [0.3, 0.4) is 0 Å². The van der Waals surface area contributed by atoms with E-state index in [4.69, 9.17) is 11.6 Å². The Bertz CT molecular complexity index is 244. The standard InChI is InChI=1S/C12H22ClNO3/c1-10(2)9-14(8-6-12(16)17-3)11(15)5-4-7-13/h10H,4-9H2,1-3H3. The average Bonchev–Trinajstić information content (AvgIpc) is 2.30. The molecule has 0 aromatic carbocycles. The van der Waals surface area contributed by atoms with Gasteiger partial charge in [-0.05, 0) is 12.3 Å². The van der Waals surface area contributed by atoms with E-state index in [1.54, 1.807) is 4.90 Å². The second-order valence-electron chi connectivity index (χ2n) is 4.35. The number of hydrogen-bond acceptors (Lipinski definition) is 3. The Hall–Kier alpha value is -0.770. The van der Waals surface area contributed by atoms with Crippen LogP contribution in [0.1, 0.15) is 33.1 Å². The molecule has 0 aromatic heterocycles. The fourth-order valence-corrected chi connectivity index (χ4v) is 1.60. The second-order valence-corrected chi connectivity index (χ2v) is 4.73. The van der Waals surface area contributed by atoms with Gasteiger partial charge in [0.15, 0.2) is 0 Å². The summed E-state index contributed by atoms with van der Waals surface area (Å²) in [6.45, 7) is 5.17. The zero-order valence-electron chi connectivity index (χ0n) is 10.9. The first-order chi connectivity index (χ1) is 8.01. The molecule has 4 nitrogen and oxygen atoms in total. The number of carbonyl (C=O) groups is 2. The predicted molar refractivity (Wildman–Crippen MR) is 68.0 cm³/mol. The van der Waals surface area contributed by atoms with Crippen LogP contribution in [0, 0.1) is 5.92 Å². The smallest absolute Gasteiger partial charge is 0.307 e. The monoisotopic (exact) mass is 263 g/mol. The van der Waals surface area contributed by atoms with Crippen LogP contribution in [0.5, 0.6) is 0 Å². The predicted octanol–water partition coefficient (Wildman–Crippen LogP) is 2.05. The molecule has 0 fully saturated rings. The molecule has 0 radical (unpaired) electrons. The lowest BCUT2D eigenvalue weighted by molar-refractivity contribution is -0.141. The van der Waals surface area contributed by atoms with Crippen molar-refractivity contribution in [2.75, 3.05) is 26.1 Å². The molecule has 0 rings (SSSR count). The number of methoxy groups -OCH3 is 1. The summed E-state index contributed by atoms with van der Waals surface area (Å²) in [5, 5.41) is 0. The normalized spacial score (nSPS) is 10.4. The number of carbonyl (C=O) groups excluding carboxylic acids is 2. The zero-order valence-corrected chi connectivity index (χ0v) is 11.6. The molecular formula is C12H22ClNO3. The second kappa shape index (κ2) is 9.28. The van der Waals surface area contributed by atoms with Crippen molar-refractivity contribution in [3.63, 3.8) is 0 Å². The van der Waals surface area contributed by atoms with Crippen LogP contribution in [0.2, 0.25) is 0 Å². The van der Waals surface area contributed by atoms with Gasteiger partial charge in [0.1, 0.15) is 0 Å². The average molecular weight is 264 g/mol. The van der Waals surface area contributed by atoms with Gasteiger partial charge in [-0.3, -0.25) is 9.59 Å². The van der Waals surface area contributed by atoms with Crippen molar-refractivity contribution in [1.29, 1.82) is 0 Å². The maximum atomic E-state index is 11.9. The van der Waals surface area contributed by atoms with Crippen molar-refractivity contribution < 1.29 is 14.3 Å². The lowest BCUT2D eigenvalue weighted by atomic mass is 10.2. The minimum absolute atomic E-state index is 0.0586. The van der Waals surface area contributed by atoms with E-state index in [1.807, 2.05) is 13.8 Å². The van der Waals surface area contributed by atoms with Crippen LogP contribution in [-0.4, -0.2) is 42.9 Å². The van der Waals surface area contributed by atoms with Crippen LogP contribution < -0.4 is 0 Å². The molecule has 0 saturated heterocycles. The summed E-state index contributed by atoms with van der Waals surface area (Å²) >= 11 is 5.56. The Morgan fingerprint density at radius 1 is 1.29 bits per heavy atom. The maximum Gasteiger partial charge on any atom is 0.307 e. The first-order valence-corrected chi connectivity index (χ1v) is 6.45. The molecule has 0 heterocycles. The minimum atomic E-state index is -0.288. The van der Waals surface area contributed by atoms with Gasteiger partial charge in [0, 0.05) is 25.4 Å². The summed E-state index contributed by atoms with van der Waals surface area (Å²) in [7, 11) is 1.35. The third-order valence-electron chi connectivity index (χ3n) is 2.28. The highest BCUT2D eigenvalue weighted by Gasteiger charge is 2.15. The van der Waals surface area contributed by atoms with Gasteiger partial charge in [-0.1, -0.05) is 13.8 Å². The number of halogens is 1. The molecule has 0 aliphatic rings. The SMILES string of the molecule is COC(=O)CCN(CC(C)C)C(=O)CCCCl. The highest BCUT2D eigenvalue weighted by atomic mass is 35.5. The fourth-order valence-electron chi connectivity index (χ4n) is 1.46. The highest BCUT2D eigenvalue weighted by Crippen LogP contribution is 2.05. The van der Waals surface area contributed by atoms with Gasteiger partial charge in [-0.2, -0.15) is 0 Å². The zero-order chi connectivity index (χ0) is 13.3. The summed E-state index contributed by atoms with van der Waals surface area (Å²) in [6.07, 6.45) is 1.36. The van der Waals surface area contributed by atoms with E-state index in [0.717, 1.165) is 0 Å². The molecule has 0 atom stereocenters. The van der Waals surface area contributed by atoms with Crippen LogP contribution in [-0.2, 0) is 14.3 Å². The third kappa shape index (κ3) is 8.02. The van der Waals surface area contributed by atoms with Gasteiger partial charge < -0.3 is 9.64 Å². The van der Waals surface area contributed by atoms with Crippen molar-refractivity contribution in [3.8, 4) is 0 Å². The summed E-state index contributed by atoms with van der Waals surface area (Å²) in [6, 6.07) is 0. The van der Waals surface area contributed by atoms with Crippen molar-refractivity contribution in [3.05, 3.63) is 0 Å². The molecule has 0 aliphatic heterocycles. The van der Waals surface area contributed by atoms with E-state index < -0.39 is 0 Å². The first kappa shape index (κ1) is 16.2. The van der Waals surface area contributed by atoms with Crippen molar-refractivity contribution in [1.82, 2.24) is 4.90 Å². The number of rotatable bonds is 8. The number of alkyl halides is 1. The van der Waals surface area contributed by atoms with Crippen molar-refractivity contribution in [2.24, 2.45) is 5.92 Å². The summed E-state index contributed by atoms with van der Waals surface area (Å²) in [5.74, 6) is 0.637. The fraction of sp³-hybridized carbons (Fsp3) is 0.833. The summed E-state index contributed by atoms with van der Waals surface area (Å²) in [5.41, 5.74) is 0. The lowest BCUT2D eigenvalue weighted by Crippen LogP contribution is -2.36. The highest BCUT2D eigenvalue weighted by molar-refractivity contribution is 6.17. The number of ether oxygens (including phenoxy) is 1. The van der Waals surface area contributed by atoms with Crippen LogP contribution in [0.15, 0.2) is 0 Å². The van der Waals surface area contributed by atoms with Crippen LogP contribution >= 0.6 is 11.6 Å². The molecule has 0 spiro atoms. The molecule has 1 amide bonds. The summed E-state index contributed by atoms with van der Waals surface area (Å²) < 4.78 is 4.57. The third-order valence-corrected chi connectivity index (χ3v) is 2.54. The van der Waals surface area contributed by atoms with E-state index in [2.05, 4.69) is 4.74 Å². The number of esters is 1. The Morgan fingerprint density at radius 3 is 2.41 bits per heavy atom. The Morgan fingerprint density at radius 2 is 1.94 bits per heavy atom. The number of amides is 1. The van der Waals surface area contributed by atoms with Gasteiger partial charge >= 0.3 is 5.97 Å². The van der Waals surface area contributed by atoms with Gasteiger partial charge in [0.05, 0.1) is 13.5 Å². The van der Waals surface area contributed by atoms with E-state index in [1.165, 1.54) is 7.11 Å². The topological polar surface area (TPSA) is 46.6 Å². The molecular weight excluding hydrogens is 242 g/mol. The molecule has 5 heteroatoms.